The van der Waals surface area contributed by atoms with E-state index < -0.39 is 275 Å². The maximum atomic E-state index is 14.9. The lowest BCUT2D eigenvalue weighted by Gasteiger charge is -2.29. The monoisotopic (exact) mass is 1780 g/mol. The molecule has 1 aromatic heterocycles. The Kier molecular flexibility index (Phi) is 42.6. The number of fused-ring (bicyclic) bond motifs is 1. The molecule has 0 unspecified atom stereocenters. The molecule has 45 nitrogen and oxygen atoms in total. The van der Waals surface area contributed by atoms with Crippen LogP contribution >= 0.6 is 0 Å². The first-order valence-corrected chi connectivity index (χ1v) is 40.3. The Morgan fingerprint density at radius 2 is 0.654 bits per heavy atom. The minimum atomic E-state index is -2.08. The lowest BCUT2D eigenvalue weighted by Crippen LogP contribution is -2.62. The predicted molar refractivity (Wildman–Crippen MR) is 448 cm³/mol. The summed E-state index contributed by atoms with van der Waals surface area (Å²) in [5.74, 6) is -22.2. The molecule has 1 heterocycles. The minimum absolute atomic E-state index is 0.0601. The SMILES string of the molecule is CC(C)C[C@H](NC(=O)[C@H](Cc1ccc(O)cc1)NC(=O)[C@H](CC(=O)O)NC(=O)[C@H](Cc1ccc(O)cc1)NC(=O)[C@@H](NC(=O)[C@H](Cc1c[nH]c2ccccc12)NC(=O)[C@H](CC(C)C)NC(=O)[C@@H](N)CO)C(C)C)C(=O)N[C@@H](Cc1ccccc1)C(=O)NCC(=O)N[C@@H](CO)C(=O)NCC(=O)N[C@@H](CO)C(=O)NCC(=O)N[C@@H](CO)C(=O)NCC(=O)N[C@@H](CO)C(=O)O. The summed E-state index contributed by atoms with van der Waals surface area (Å²) in [5.41, 5.74) is 8.04. The summed E-state index contributed by atoms with van der Waals surface area (Å²) in [4.78, 5) is 247. The van der Waals surface area contributed by atoms with Crippen LogP contribution in [-0.4, -0.2) is 295 Å². The molecule has 127 heavy (non-hydrogen) atoms. The summed E-state index contributed by atoms with van der Waals surface area (Å²) in [6.07, 6.45) is -0.957. The van der Waals surface area contributed by atoms with Crippen LogP contribution in [0.1, 0.15) is 83.1 Å². The number of benzene rings is 4. The fraction of sp³-hybridized carbons (Fsp3) is 0.463. The number of aliphatic carboxylic acids is 2. The molecule has 5 rings (SSSR count). The van der Waals surface area contributed by atoms with Crippen LogP contribution in [0.3, 0.4) is 0 Å². The number of carbonyl (C=O) groups excluding carboxylic acids is 16. The number of nitrogens with one attached hydrogen (secondary N) is 17. The van der Waals surface area contributed by atoms with Gasteiger partial charge >= 0.3 is 11.9 Å². The molecule has 0 fully saturated rings. The first-order valence-electron chi connectivity index (χ1n) is 40.3. The molecule has 0 bridgehead atoms. The first kappa shape index (κ1) is 104. The normalized spacial score (nSPS) is 14.2. The first-order chi connectivity index (χ1) is 60.1. The molecular formula is C82H112N18O27. The average molecular weight is 1780 g/mol. The van der Waals surface area contributed by atoms with Crippen LogP contribution in [0.15, 0.2) is 109 Å². The van der Waals surface area contributed by atoms with Crippen molar-refractivity contribution in [3.05, 3.63) is 132 Å². The van der Waals surface area contributed by atoms with Crippen LogP contribution in [0.4, 0.5) is 0 Å². The van der Waals surface area contributed by atoms with Crippen LogP contribution < -0.4 is 90.8 Å². The number of amides is 16. The van der Waals surface area contributed by atoms with Gasteiger partial charge in [0.1, 0.15) is 90.0 Å². The quantitative estimate of drug-likeness (QED) is 0.0172. The van der Waals surface area contributed by atoms with Gasteiger partial charge in [0.25, 0.3) is 0 Å². The number of H-pyrrole nitrogens is 1. The zero-order valence-corrected chi connectivity index (χ0v) is 70.4. The topological polar surface area (TPSA) is 724 Å². The van der Waals surface area contributed by atoms with E-state index in [2.05, 4.69) is 68.8 Å². The Morgan fingerprint density at radius 3 is 1.04 bits per heavy atom. The summed E-state index contributed by atoms with van der Waals surface area (Å²) in [7, 11) is 0. The average Bonchev–Trinajstić information content (AvgIpc) is 1.69. The van der Waals surface area contributed by atoms with E-state index in [1.807, 2.05) is 21.3 Å². The fourth-order valence-electron chi connectivity index (χ4n) is 12.4. The number of aliphatic hydroxyl groups is 5. The van der Waals surface area contributed by atoms with Crippen molar-refractivity contribution in [1.82, 2.24) is 90.1 Å². The summed E-state index contributed by atoms with van der Waals surface area (Å²) in [5, 5.41) is 126. The van der Waals surface area contributed by atoms with Gasteiger partial charge < -0.3 is 142 Å². The predicted octanol–water partition coefficient (Wildman–Crippen LogP) is -8.27. The molecule has 0 aliphatic heterocycles. The summed E-state index contributed by atoms with van der Waals surface area (Å²) >= 11 is 0. The lowest BCUT2D eigenvalue weighted by molar-refractivity contribution is -0.143. The minimum Gasteiger partial charge on any atom is -0.508 e. The highest BCUT2D eigenvalue weighted by molar-refractivity contribution is 6.01. The molecule has 0 saturated heterocycles. The van der Waals surface area contributed by atoms with E-state index in [1.54, 1.807) is 102 Å². The highest BCUT2D eigenvalue weighted by atomic mass is 16.4. The number of phenols is 2. The Bertz CT molecular complexity index is 4630. The van der Waals surface area contributed by atoms with Gasteiger partial charge in [0.2, 0.25) is 94.5 Å². The van der Waals surface area contributed by atoms with Gasteiger partial charge in [-0.25, -0.2) is 4.79 Å². The maximum Gasteiger partial charge on any atom is 0.328 e. The number of aromatic nitrogens is 1. The van der Waals surface area contributed by atoms with E-state index in [4.69, 9.17) is 15.9 Å². The number of hydrogen-bond acceptors (Lipinski definition) is 26. The third kappa shape index (κ3) is 35.4. The van der Waals surface area contributed by atoms with E-state index in [0.717, 1.165) is 0 Å². The molecule has 0 aliphatic carbocycles. The maximum absolute atomic E-state index is 14.9. The number of phenolic OH excluding ortho intramolecular Hbond substituents is 2. The smallest absolute Gasteiger partial charge is 0.328 e. The number of rotatable bonds is 53. The van der Waals surface area contributed by atoms with E-state index in [1.165, 1.54) is 48.5 Å². The van der Waals surface area contributed by atoms with Crippen molar-refractivity contribution in [1.29, 1.82) is 0 Å². The molecule has 0 saturated carbocycles. The summed E-state index contributed by atoms with van der Waals surface area (Å²) in [6.45, 7) is 1.41. The summed E-state index contributed by atoms with van der Waals surface area (Å²) in [6, 6.07) is 4.36. The summed E-state index contributed by atoms with van der Waals surface area (Å²) < 4.78 is 0. The van der Waals surface area contributed by atoms with Crippen molar-refractivity contribution in [3.8, 4) is 11.5 Å². The second-order valence-electron chi connectivity index (χ2n) is 30.7. The molecule has 0 radical (unpaired) electrons. The van der Waals surface area contributed by atoms with Gasteiger partial charge in [0, 0.05) is 42.8 Å². The van der Waals surface area contributed by atoms with Gasteiger partial charge in [-0.2, -0.15) is 0 Å². The largest absolute Gasteiger partial charge is 0.508 e. The molecular weight excluding hydrogens is 1670 g/mol. The fourth-order valence-corrected chi connectivity index (χ4v) is 12.4. The molecule has 0 spiro atoms. The van der Waals surface area contributed by atoms with Crippen LogP contribution in [0.25, 0.3) is 10.9 Å². The molecule has 5 aromatic rings. The molecule has 692 valence electrons. The molecule has 16 amide bonds. The third-order valence-corrected chi connectivity index (χ3v) is 19.1. The van der Waals surface area contributed by atoms with E-state index in [-0.39, 0.29) is 48.7 Å². The van der Waals surface area contributed by atoms with E-state index in [0.29, 0.717) is 27.6 Å². The number of aromatic hydroxyl groups is 2. The Morgan fingerprint density at radius 1 is 0.331 bits per heavy atom. The number of carboxylic acid groups (broad SMARTS) is 2. The number of hydrogen-bond donors (Lipinski definition) is 27. The number of aliphatic hydroxyl groups excluding tert-OH is 5. The van der Waals surface area contributed by atoms with Crippen LogP contribution in [-0.2, 0) is 112 Å². The van der Waals surface area contributed by atoms with Crippen LogP contribution in [0.5, 0.6) is 11.5 Å². The second-order valence-corrected chi connectivity index (χ2v) is 30.7. The van der Waals surface area contributed by atoms with Crippen molar-refractivity contribution < 1.29 is 132 Å². The Labute approximate surface area is 727 Å². The zero-order valence-electron chi connectivity index (χ0n) is 70.4. The molecule has 13 atom stereocenters. The van der Waals surface area contributed by atoms with Crippen molar-refractivity contribution in [2.24, 2.45) is 23.5 Å². The van der Waals surface area contributed by atoms with Gasteiger partial charge in [-0.1, -0.05) is 114 Å². The zero-order chi connectivity index (χ0) is 94.3. The van der Waals surface area contributed by atoms with Crippen molar-refractivity contribution >= 4 is 117 Å². The van der Waals surface area contributed by atoms with Crippen LogP contribution in [0.2, 0.25) is 0 Å². The number of carboxylic acids is 2. The molecule has 28 N–H and O–H groups in total. The number of para-hydroxylation sites is 1. The van der Waals surface area contributed by atoms with E-state index >= 15 is 0 Å². The number of nitrogens with two attached hydrogens (primary N) is 1. The van der Waals surface area contributed by atoms with E-state index in [9.17, 15) is 122 Å². The van der Waals surface area contributed by atoms with Crippen molar-refractivity contribution in [3.63, 3.8) is 0 Å². The highest BCUT2D eigenvalue weighted by Gasteiger charge is 2.39. The van der Waals surface area contributed by atoms with Gasteiger partial charge in [-0.15, -0.1) is 0 Å². The lowest BCUT2D eigenvalue weighted by atomic mass is 9.98. The Balaban J connectivity index is 1.31. The van der Waals surface area contributed by atoms with Gasteiger partial charge in [0.15, 0.2) is 0 Å². The second kappa shape index (κ2) is 52.1. The molecule has 4 aromatic carbocycles. The standard InChI is InChI=1S/C82H112N18O27/c1-41(2)24-53(93-70(114)51(83)36-101)75(119)97-58(29-47-31-84-52-15-11-10-14-50(47)52)80(124)100-69(43(5)6)81(125)99-57(28-46-18-22-49(107)23-19-46)78(122)98-59(30-68(112)113)79(123)96-56(27-45-16-20-48(106)21-17-45)77(121)94-54(25-42(3)4)76(120)95-55(26-44-12-8-7-9-13-44)71(115)85-32-64(108)89-60(37-102)72(116)86-33-65(109)90-61(38-103)73(117)87-34-66(110)91-62(39-104)74(118)88-35-67(111)92-63(40-105)82(126)127/h7-23,31,41-43,51,53-63,69,84,101-107H,24-30,32-40,83H2,1-6H3,(H,85,115)(H,86,116)(H,87,117)(H,88,118)(H,89,108)(H,90,109)(H,91,110)(H,92,111)(H,93,114)(H,94,121)(H,95,120)(H,96,123)(H,97,119)(H,98,122)(H,99,125)(H,100,124)(H,112,113)(H,126,127)/t51-,53-,54-,55-,56-,57-,58-,59-,60-,61-,62-,63-,69-/m0/s1. The third-order valence-electron chi connectivity index (χ3n) is 19.1. The number of aromatic amines is 1. The van der Waals surface area contributed by atoms with Crippen LogP contribution in [0, 0.1) is 17.8 Å². The van der Waals surface area contributed by atoms with Gasteiger partial charge in [0.05, 0.1) is 65.6 Å². The van der Waals surface area contributed by atoms with Gasteiger partial charge in [-0.05, 0) is 83.2 Å². The van der Waals surface area contributed by atoms with Crippen molar-refractivity contribution in [2.75, 3.05) is 59.2 Å². The number of carbonyl (C=O) groups is 18. The highest BCUT2D eigenvalue weighted by Crippen LogP contribution is 2.22. The Hall–Kier alpha value is -13.8. The van der Waals surface area contributed by atoms with Gasteiger partial charge in [-0.3, -0.25) is 81.5 Å². The molecule has 0 aliphatic rings. The molecule has 45 heteroatoms. The van der Waals surface area contributed by atoms with Crippen molar-refractivity contribution in [2.45, 2.75) is 165 Å².